The van der Waals surface area contributed by atoms with Gasteiger partial charge in [-0.25, -0.2) is 0 Å². The van der Waals surface area contributed by atoms with Gasteiger partial charge in [0, 0.05) is 12.1 Å². The maximum Gasteiger partial charge on any atom is 0.316 e. The van der Waals surface area contributed by atoms with Crippen LogP contribution in [0.25, 0.3) is 11.4 Å². The lowest BCUT2D eigenvalue weighted by molar-refractivity contribution is -0.139. The first kappa shape index (κ1) is 18.5. The summed E-state index contributed by atoms with van der Waals surface area (Å²) in [5, 5.41) is 9.43. The van der Waals surface area contributed by atoms with Crippen molar-refractivity contribution in [3.63, 3.8) is 0 Å². The van der Waals surface area contributed by atoms with Crippen molar-refractivity contribution in [3.8, 4) is 11.4 Å². The second-order valence-electron chi connectivity index (χ2n) is 5.89. The molecule has 1 unspecified atom stereocenters. The Balaban J connectivity index is 2.26. The predicted molar refractivity (Wildman–Crippen MR) is 97.0 cm³/mol. The number of carbonyl (C=O) groups excluding carboxylic acids is 1. The summed E-state index contributed by atoms with van der Waals surface area (Å²) < 4.78 is 7.11. The van der Waals surface area contributed by atoms with Crippen LogP contribution in [0, 0.1) is 12.8 Å². The summed E-state index contributed by atoms with van der Waals surface area (Å²) in [6, 6.07) is 8.27. The van der Waals surface area contributed by atoms with E-state index in [0.29, 0.717) is 12.5 Å². The zero-order valence-corrected chi connectivity index (χ0v) is 15.6. The Hall–Kier alpha value is -1.82. The first-order chi connectivity index (χ1) is 11.5. The SMILES string of the molecule is CCOC(=O)CSc1nnc(-c2ccc(C)cc2)n1CC(C)CC. The molecule has 0 spiro atoms. The zero-order chi connectivity index (χ0) is 17.5. The van der Waals surface area contributed by atoms with Crippen molar-refractivity contribution in [2.75, 3.05) is 12.4 Å². The lowest BCUT2D eigenvalue weighted by atomic mass is 10.1. The number of rotatable bonds is 8. The number of thioether (sulfide) groups is 1. The topological polar surface area (TPSA) is 57.0 Å². The number of aromatic nitrogens is 3. The van der Waals surface area contributed by atoms with Crippen LogP contribution in [-0.2, 0) is 16.1 Å². The zero-order valence-electron chi connectivity index (χ0n) is 14.8. The van der Waals surface area contributed by atoms with Crippen molar-refractivity contribution in [3.05, 3.63) is 29.8 Å². The third-order valence-corrected chi connectivity index (χ3v) is 4.78. The van der Waals surface area contributed by atoms with Crippen LogP contribution in [0.2, 0.25) is 0 Å². The summed E-state index contributed by atoms with van der Waals surface area (Å²) in [6.07, 6.45) is 1.08. The van der Waals surface area contributed by atoms with Crippen molar-refractivity contribution in [1.82, 2.24) is 14.8 Å². The van der Waals surface area contributed by atoms with Crippen LogP contribution in [-0.4, -0.2) is 33.1 Å². The smallest absolute Gasteiger partial charge is 0.316 e. The van der Waals surface area contributed by atoms with E-state index in [1.165, 1.54) is 17.3 Å². The minimum Gasteiger partial charge on any atom is -0.465 e. The number of hydrogen-bond acceptors (Lipinski definition) is 5. The standard InChI is InChI=1S/C18H25N3O2S/c1-5-13(3)11-21-17(15-9-7-14(4)8-10-15)19-20-18(21)24-12-16(22)23-6-2/h7-10,13H,5-6,11-12H2,1-4H3. The van der Waals surface area contributed by atoms with Gasteiger partial charge in [-0.3, -0.25) is 4.79 Å². The monoisotopic (exact) mass is 347 g/mol. The highest BCUT2D eigenvalue weighted by Gasteiger charge is 2.17. The van der Waals surface area contributed by atoms with Crippen LogP contribution in [0.15, 0.2) is 29.4 Å². The molecule has 0 amide bonds. The van der Waals surface area contributed by atoms with Crippen molar-refractivity contribution in [1.29, 1.82) is 0 Å². The Kier molecular flexibility index (Phi) is 6.85. The van der Waals surface area contributed by atoms with Crippen LogP contribution >= 0.6 is 11.8 Å². The number of aryl methyl sites for hydroxylation is 1. The number of benzene rings is 1. The highest BCUT2D eigenvalue weighted by molar-refractivity contribution is 7.99. The fourth-order valence-corrected chi connectivity index (χ4v) is 2.99. The Bertz CT molecular complexity index is 667. The normalized spacial score (nSPS) is 12.2. The minimum absolute atomic E-state index is 0.225. The fourth-order valence-electron chi connectivity index (χ4n) is 2.24. The molecule has 2 rings (SSSR count). The second-order valence-corrected chi connectivity index (χ2v) is 6.83. The molecule has 0 saturated heterocycles. The lowest BCUT2D eigenvalue weighted by Crippen LogP contribution is -2.11. The summed E-state index contributed by atoms with van der Waals surface area (Å²) >= 11 is 1.38. The molecule has 0 aliphatic heterocycles. The van der Waals surface area contributed by atoms with Gasteiger partial charge < -0.3 is 9.30 Å². The molecule has 6 heteroatoms. The molecule has 0 aliphatic carbocycles. The molecular weight excluding hydrogens is 322 g/mol. The predicted octanol–water partition coefficient (Wildman–Crippen LogP) is 3.95. The highest BCUT2D eigenvalue weighted by Crippen LogP contribution is 2.26. The van der Waals surface area contributed by atoms with Gasteiger partial charge in [-0.2, -0.15) is 0 Å². The van der Waals surface area contributed by atoms with Crippen molar-refractivity contribution >= 4 is 17.7 Å². The number of ether oxygens (including phenoxy) is 1. The van der Waals surface area contributed by atoms with Crippen molar-refractivity contribution in [2.24, 2.45) is 5.92 Å². The molecule has 24 heavy (non-hydrogen) atoms. The van der Waals surface area contributed by atoms with Gasteiger partial charge in [-0.15, -0.1) is 10.2 Å². The summed E-state index contributed by atoms with van der Waals surface area (Å²) in [4.78, 5) is 11.6. The Labute approximate surface area is 147 Å². The van der Waals surface area contributed by atoms with Crippen LogP contribution in [0.3, 0.4) is 0 Å². The van der Waals surface area contributed by atoms with E-state index < -0.39 is 0 Å². The van der Waals surface area contributed by atoms with E-state index in [9.17, 15) is 4.79 Å². The van der Waals surface area contributed by atoms with E-state index in [1.807, 2.05) is 6.92 Å². The van der Waals surface area contributed by atoms with E-state index >= 15 is 0 Å². The summed E-state index contributed by atoms with van der Waals surface area (Å²) in [7, 11) is 0. The van der Waals surface area contributed by atoms with E-state index in [2.05, 4.69) is 59.8 Å². The maximum absolute atomic E-state index is 11.6. The molecule has 0 bridgehead atoms. The Morgan fingerprint density at radius 1 is 1.25 bits per heavy atom. The van der Waals surface area contributed by atoms with Crippen LogP contribution < -0.4 is 0 Å². The average molecular weight is 347 g/mol. The van der Waals surface area contributed by atoms with E-state index in [0.717, 1.165) is 29.5 Å². The molecule has 130 valence electrons. The van der Waals surface area contributed by atoms with E-state index in [-0.39, 0.29) is 11.7 Å². The van der Waals surface area contributed by atoms with Crippen molar-refractivity contribution in [2.45, 2.75) is 45.8 Å². The first-order valence-electron chi connectivity index (χ1n) is 8.33. The average Bonchev–Trinajstić information content (AvgIpc) is 2.96. The van der Waals surface area contributed by atoms with Gasteiger partial charge in [0.05, 0.1) is 12.4 Å². The van der Waals surface area contributed by atoms with Crippen LogP contribution in [0.5, 0.6) is 0 Å². The van der Waals surface area contributed by atoms with Gasteiger partial charge in [0.15, 0.2) is 11.0 Å². The first-order valence-corrected chi connectivity index (χ1v) is 9.32. The molecule has 0 aliphatic rings. The highest BCUT2D eigenvalue weighted by atomic mass is 32.2. The Morgan fingerprint density at radius 2 is 1.96 bits per heavy atom. The largest absolute Gasteiger partial charge is 0.465 e. The number of esters is 1. The third kappa shape index (κ3) is 4.84. The van der Waals surface area contributed by atoms with Gasteiger partial charge in [0.2, 0.25) is 0 Å². The van der Waals surface area contributed by atoms with Crippen molar-refractivity contribution < 1.29 is 9.53 Å². The second kappa shape index (κ2) is 8.87. The summed E-state index contributed by atoms with van der Waals surface area (Å²) in [5.74, 6) is 1.38. The minimum atomic E-state index is -0.225. The molecule has 1 atom stereocenters. The van der Waals surface area contributed by atoms with Crippen LogP contribution in [0.4, 0.5) is 0 Å². The molecule has 0 fully saturated rings. The Morgan fingerprint density at radius 3 is 2.58 bits per heavy atom. The molecular formula is C18H25N3O2S. The van der Waals surface area contributed by atoms with Gasteiger partial charge in [0.1, 0.15) is 0 Å². The number of hydrogen-bond donors (Lipinski definition) is 0. The summed E-state index contributed by atoms with van der Waals surface area (Å²) in [5.41, 5.74) is 2.25. The summed E-state index contributed by atoms with van der Waals surface area (Å²) in [6.45, 7) is 9.48. The van der Waals surface area contributed by atoms with Gasteiger partial charge >= 0.3 is 5.97 Å². The number of nitrogens with zero attached hydrogens (tertiary/aromatic N) is 3. The third-order valence-electron chi connectivity index (χ3n) is 3.84. The van der Waals surface area contributed by atoms with E-state index in [1.54, 1.807) is 0 Å². The molecule has 1 heterocycles. The molecule has 2 aromatic rings. The quantitative estimate of drug-likeness (QED) is 0.534. The van der Waals surface area contributed by atoms with Gasteiger partial charge in [-0.1, -0.05) is 61.9 Å². The maximum atomic E-state index is 11.6. The molecule has 0 radical (unpaired) electrons. The fraction of sp³-hybridized carbons (Fsp3) is 0.500. The molecule has 5 nitrogen and oxygen atoms in total. The van der Waals surface area contributed by atoms with Crippen LogP contribution in [0.1, 0.15) is 32.8 Å². The molecule has 0 N–H and O–H groups in total. The molecule has 0 saturated carbocycles. The number of carbonyl (C=O) groups is 1. The van der Waals surface area contributed by atoms with Gasteiger partial charge in [-0.05, 0) is 19.8 Å². The lowest BCUT2D eigenvalue weighted by Gasteiger charge is -2.14. The van der Waals surface area contributed by atoms with Gasteiger partial charge in [0.25, 0.3) is 0 Å². The molecule has 1 aromatic carbocycles. The molecule has 1 aromatic heterocycles. The van der Waals surface area contributed by atoms with E-state index in [4.69, 9.17) is 4.74 Å².